The summed E-state index contributed by atoms with van der Waals surface area (Å²) in [5, 5.41) is 0. The molecule has 0 bridgehead atoms. The normalized spacial score (nSPS) is 12.4. The zero-order valence-corrected chi connectivity index (χ0v) is 12.5. The van der Waals surface area contributed by atoms with Gasteiger partial charge in [-0.3, -0.25) is 0 Å². The van der Waals surface area contributed by atoms with E-state index in [1.54, 1.807) is 0 Å². The summed E-state index contributed by atoms with van der Waals surface area (Å²) in [7, 11) is 0. The lowest BCUT2D eigenvalue weighted by molar-refractivity contribution is 0.242. The first-order valence-electron chi connectivity index (χ1n) is 7.21. The lowest BCUT2D eigenvalue weighted by Crippen LogP contribution is -2.12. The van der Waals surface area contributed by atoms with E-state index in [0.29, 0.717) is 0 Å². The van der Waals surface area contributed by atoms with Crippen LogP contribution in [0.2, 0.25) is 0 Å². The van der Waals surface area contributed by atoms with E-state index in [0.717, 1.165) is 23.3 Å². The van der Waals surface area contributed by atoms with Crippen LogP contribution in [0.4, 0.5) is 0 Å². The fourth-order valence-electron chi connectivity index (χ4n) is 2.18. The van der Waals surface area contributed by atoms with Crippen molar-refractivity contribution < 1.29 is 4.74 Å². The van der Waals surface area contributed by atoms with Gasteiger partial charge in [-0.25, -0.2) is 0 Å². The van der Waals surface area contributed by atoms with Crippen LogP contribution < -0.4 is 10.5 Å². The molecule has 0 amide bonds. The number of aryl methyl sites for hydroxylation is 1. The predicted molar refractivity (Wildman–Crippen MR) is 84.1 cm³/mol. The molecule has 0 saturated heterocycles. The fraction of sp³-hybridized carbons (Fsp3) is 0.333. The summed E-state index contributed by atoms with van der Waals surface area (Å²) in [6.45, 7) is 6.20. The van der Waals surface area contributed by atoms with E-state index in [-0.39, 0.29) is 12.1 Å². The minimum atomic E-state index is -0.0889. The van der Waals surface area contributed by atoms with Crippen molar-refractivity contribution in [3.05, 3.63) is 65.2 Å². The molecule has 1 atom stereocenters. The second-order valence-corrected chi connectivity index (χ2v) is 5.31. The quantitative estimate of drug-likeness (QED) is 0.887. The lowest BCUT2D eigenvalue weighted by atomic mass is 9.98. The van der Waals surface area contributed by atoms with Crippen molar-refractivity contribution in [2.75, 3.05) is 0 Å². The van der Waals surface area contributed by atoms with Crippen molar-refractivity contribution in [1.82, 2.24) is 0 Å². The maximum absolute atomic E-state index is 6.32. The van der Waals surface area contributed by atoms with Gasteiger partial charge in [0.25, 0.3) is 0 Å². The average Bonchev–Trinajstić information content (AvgIpc) is 2.47. The highest BCUT2D eigenvalue weighted by atomic mass is 16.5. The number of nitrogens with two attached hydrogens (primary N) is 1. The van der Waals surface area contributed by atoms with Crippen molar-refractivity contribution in [1.29, 1.82) is 0 Å². The molecule has 2 aromatic rings. The summed E-state index contributed by atoms with van der Waals surface area (Å²) >= 11 is 0. The molecule has 2 rings (SSSR count). The van der Waals surface area contributed by atoms with Gasteiger partial charge in [0, 0.05) is 0 Å². The summed E-state index contributed by atoms with van der Waals surface area (Å²) < 4.78 is 5.64. The fourth-order valence-corrected chi connectivity index (χ4v) is 2.18. The monoisotopic (exact) mass is 269 g/mol. The van der Waals surface area contributed by atoms with Gasteiger partial charge in [0.05, 0.1) is 12.1 Å². The molecule has 0 spiro atoms. The molecular formula is C18H23NO. The molecule has 0 saturated carbocycles. The van der Waals surface area contributed by atoms with Crippen LogP contribution in [0.1, 0.15) is 43.5 Å². The van der Waals surface area contributed by atoms with Gasteiger partial charge in [0.15, 0.2) is 0 Å². The van der Waals surface area contributed by atoms with Gasteiger partial charge >= 0.3 is 0 Å². The summed E-state index contributed by atoms with van der Waals surface area (Å²) in [5.74, 6) is 0.886. The van der Waals surface area contributed by atoms with E-state index in [1.165, 1.54) is 5.56 Å². The van der Waals surface area contributed by atoms with E-state index in [1.807, 2.05) is 38.1 Å². The molecule has 0 aliphatic heterocycles. The van der Waals surface area contributed by atoms with Crippen LogP contribution in [-0.2, 0) is 6.42 Å². The second kappa shape index (κ2) is 6.58. The smallest absolute Gasteiger partial charge is 0.119 e. The topological polar surface area (TPSA) is 35.2 Å². The van der Waals surface area contributed by atoms with Crippen LogP contribution in [0.15, 0.2) is 48.5 Å². The van der Waals surface area contributed by atoms with Gasteiger partial charge in [-0.2, -0.15) is 0 Å². The Labute approximate surface area is 121 Å². The number of ether oxygens (including phenoxy) is 1. The molecule has 0 radical (unpaired) electrons. The van der Waals surface area contributed by atoms with Crippen LogP contribution >= 0.6 is 0 Å². The zero-order chi connectivity index (χ0) is 14.5. The Kier molecular flexibility index (Phi) is 4.80. The van der Waals surface area contributed by atoms with Crippen molar-refractivity contribution >= 4 is 0 Å². The van der Waals surface area contributed by atoms with Gasteiger partial charge in [0.2, 0.25) is 0 Å². The highest BCUT2D eigenvalue weighted by Gasteiger charge is 2.09. The summed E-state index contributed by atoms with van der Waals surface area (Å²) in [6, 6.07) is 16.5. The first kappa shape index (κ1) is 14.6. The van der Waals surface area contributed by atoms with Crippen molar-refractivity contribution in [3.8, 4) is 5.75 Å². The maximum atomic E-state index is 6.32. The van der Waals surface area contributed by atoms with Crippen molar-refractivity contribution in [3.63, 3.8) is 0 Å². The van der Waals surface area contributed by atoms with E-state index < -0.39 is 0 Å². The van der Waals surface area contributed by atoms with Crippen LogP contribution in [0.3, 0.4) is 0 Å². The molecule has 1 unspecified atom stereocenters. The molecular weight excluding hydrogens is 246 g/mol. The van der Waals surface area contributed by atoms with Crippen LogP contribution in [0.25, 0.3) is 0 Å². The zero-order valence-electron chi connectivity index (χ0n) is 12.5. The number of benzene rings is 2. The largest absolute Gasteiger partial charge is 0.491 e. The van der Waals surface area contributed by atoms with Crippen LogP contribution in [-0.4, -0.2) is 6.10 Å². The Hall–Kier alpha value is -1.80. The molecule has 0 fully saturated rings. The molecule has 2 nitrogen and oxygen atoms in total. The number of hydrogen-bond donors (Lipinski definition) is 1. The molecule has 2 heteroatoms. The third-order valence-electron chi connectivity index (χ3n) is 3.36. The van der Waals surface area contributed by atoms with Gasteiger partial charge in [0.1, 0.15) is 5.75 Å². The predicted octanol–water partition coefficient (Wildman–Crippen LogP) is 4.08. The standard InChI is InChI=1S/C18H23NO/c1-4-14-5-7-15(8-6-14)18(19)16-9-11-17(12-10-16)20-13(2)3/h5-13,18H,4,19H2,1-3H3. The average molecular weight is 269 g/mol. The number of rotatable bonds is 5. The first-order valence-corrected chi connectivity index (χ1v) is 7.21. The third-order valence-corrected chi connectivity index (χ3v) is 3.36. The van der Waals surface area contributed by atoms with Crippen LogP contribution in [0.5, 0.6) is 5.75 Å². The van der Waals surface area contributed by atoms with Crippen molar-refractivity contribution in [2.24, 2.45) is 5.73 Å². The lowest BCUT2D eigenvalue weighted by Gasteiger charge is -2.15. The summed E-state index contributed by atoms with van der Waals surface area (Å²) in [6.07, 6.45) is 1.24. The highest BCUT2D eigenvalue weighted by Crippen LogP contribution is 2.23. The highest BCUT2D eigenvalue weighted by molar-refractivity contribution is 5.36. The Morgan fingerprint density at radius 2 is 1.40 bits per heavy atom. The third kappa shape index (κ3) is 3.61. The number of hydrogen-bond acceptors (Lipinski definition) is 2. The van der Waals surface area contributed by atoms with Gasteiger partial charge < -0.3 is 10.5 Å². The molecule has 0 aromatic heterocycles. The first-order chi connectivity index (χ1) is 9.60. The Balaban J connectivity index is 2.13. The van der Waals surface area contributed by atoms with E-state index in [2.05, 4.69) is 31.2 Å². The van der Waals surface area contributed by atoms with Crippen molar-refractivity contribution in [2.45, 2.75) is 39.3 Å². The molecule has 20 heavy (non-hydrogen) atoms. The Morgan fingerprint density at radius 1 is 0.900 bits per heavy atom. The Bertz CT molecular complexity index is 528. The minimum absolute atomic E-state index is 0.0889. The molecule has 0 aliphatic rings. The maximum Gasteiger partial charge on any atom is 0.119 e. The van der Waals surface area contributed by atoms with Gasteiger partial charge in [-0.15, -0.1) is 0 Å². The van der Waals surface area contributed by atoms with Crippen LogP contribution in [0, 0.1) is 0 Å². The van der Waals surface area contributed by atoms with E-state index in [4.69, 9.17) is 10.5 Å². The molecule has 2 aromatic carbocycles. The van der Waals surface area contributed by atoms with Gasteiger partial charge in [-0.05, 0) is 49.1 Å². The molecule has 2 N–H and O–H groups in total. The minimum Gasteiger partial charge on any atom is -0.491 e. The second-order valence-electron chi connectivity index (χ2n) is 5.31. The molecule has 0 aliphatic carbocycles. The van der Waals surface area contributed by atoms with E-state index >= 15 is 0 Å². The molecule has 0 heterocycles. The van der Waals surface area contributed by atoms with E-state index in [9.17, 15) is 0 Å². The summed E-state index contributed by atoms with van der Waals surface area (Å²) in [4.78, 5) is 0. The summed E-state index contributed by atoms with van der Waals surface area (Å²) in [5.41, 5.74) is 9.89. The molecule has 106 valence electrons. The Morgan fingerprint density at radius 3 is 1.85 bits per heavy atom. The SMILES string of the molecule is CCc1ccc(C(N)c2ccc(OC(C)C)cc2)cc1. The van der Waals surface area contributed by atoms with Gasteiger partial charge in [-0.1, -0.05) is 43.3 Å².